The van der Waals surface area contributed by atoms with Crippen LogP contribution in [-0.2, 0) is 14.8 Å². The van der Waals surface area contributed by atoms with Crippen LogP contribution in [0.4, 0.5) is 5.69 Å². The van der Waals surface area contributed by atoms with Gasteiger partial charge < -0.3 is 19.5 Å². The van der Waals surface area contributed by atoms with E-state index >= 15 is 0 Å². The van der Waals surface area contributed by atoms with Gasteiger partial charge in [0, 0.05) is 24.4 Å². The van der Waals surface area contributed by atoms with Crippen LogP contribution in [0.5, 0.6) is 17.2 Å². The lowest BCUT2D eigenvalue weighted by Crippen LogP contribution is -2.31. The molecule has 0 radical (unpaired) electrons. The third kappa shape index (κ3) is 5.93. The predicted molar refractivity (Wildman–Crippen MR) is 128 cm³/mol. The van der Waals surface area contributed by atoms with E-state index in [1.165, 1.54) is 24.3 Å². The Bertz CT molecular complexity index is 1220. The van der Waals surface area contributed by atoms with Crippen molar-refractivity contribution in [2.24, 2.45) is 0 Å². The second kappa shape index (κ2) is 10.7. The van der Waals surface area contributed by atoms with Crippen LogP contribution in [0.3, 0.4) is 0 Å². The fourth-order valence-electron chi connectivity index (χ4n) is 3.52. The zero-order valence-corrected chi connectivity index (χ0v) is 19.5. The first-order chi connectivity index (χ1) is 16.4. The maximum absolute atomic E-state index is 12.6. The van der Waals surface area contributed by atoms with E-state index in [0.717, 1.165) is 12.8 Å². The molecule has 34 heavy (non-hydrogen) atoms. The van der Waals surface area contributed by atoms with Crippen molar-refractivity contribution >= 4 is 21.6 Å². The van der Waals surface area contributed by atoms with Crippen molar-refractivity contribution in [1.29, 1.82) is 0 Å². The third-order valence-electron chi connectivity index (χ3n) is 5.36. The van der Waals surface area contributed by atoms with E-state index in [2.05, 4.69) is 10.0 Å². The van der Waals surface area contributed by atoms with Gasteiger partial charge >= 0.3 is 0 Å². The molecule has 1 unspecified atom stereocenters. The number of rotatable bonds is 9. The number of nitrogens with one attached hydrogen (secondary N) is 2. The van der Waals surface area contributed by atoms with Gasteiger partial charge in [0.1, 0.15) is 5.75 Å². The molecule has 1 fully saturated rings. The highest BCUT2D eigenvalue weighted by Crippen LogP contribution is 2.31. The van der Waals surface area contributed by atoms with Gasteiger partial charge in [-0.3, -0.25) is 4.79 Å². The topological polar surface area (TPSA) is 103 Å². The summed E-state index contributed by atoms with van der Waals surface area (Å²) in [5, 5.41) is 2.79. The van der Waals surface area contributed by atoms with Crippen molar-refractivity contribution in [1.82, 2.24) is 4.72 Å². The first kappa shape index (κ1) is 23.7. The van der Waals surface area contributed by atoms with Gasteiger partial charge in [-0.15, -0.1) is 0 Å². The highest BCUT2D eigenvalue weighted by Gasteiger charge is 2.20. The molecule has 1 saturated heterocycles. The summed E-state index contributed by atoms with van der Waals surface area (Å²) >= 11 is 0. The molecule has 0 spiro atoms. The number of sulfonamides is 1. The Kier molecular flexibility index (Phi) is 7.46. The third-order valence-corrected chi connectivity index (χ3v) is 6.80. The average Bonchev–Trinajstić information content (AvgIpc) is 3.38. The van der Waals surface area contributed by atoms with Crippen LogP contribution in [0.25, 0.3) is 0 Å². The molecule has 0 saturated carbocycles. The number of ether oxygens (including phenoxy) is 3. The normalized spacial score (nSPS) is 15.6. The molecule has 0 aromatic heterocycles. The van der Waals surface area contributed by atoms with Gasteiger partial charge in [-0.1, -0.05) is 12.1 Å². The highest BCUT2D eigenvalue weighted by molar-refractivity contribution is 7.89. The minimum atomic E-state index is -3.67. The number of hydrogen-bond donors (Lipinski definition) is 2. The lowest BCUT2D eigenvalue weighted by Gasteiger charge is -2.12. The molecule has 0 aliphatic carbocycles. The monoisotopic (exact) mass is 482 g/mol. The summed E-state index contributed by atoms with van der Waals surface area (Å²) in [6.45, 7) is 0.898. The Morgan fingerprint density at radius 2 is 1.71 bits per heavy atom. The largest absolute Gasteiger partial charge is 0.493 e. The molecule has 1 aliphatic rings. The standard InChI is InChI=1S/C25H26N2O6S/c1-31-23-6-2-3-7-24(23)33-20-12-10-19(11-13-20)27-25(28)18-8-14-22(15-9-18)34(29,30)26-17-21-5-4-16-32-21/h2-3,6-15,21,26H,4-5,16-17H2,1H3,(H,27,28). The molecule has 8 nitrogen and oxygen atoms in total. The Morgan fingerprint density at radius 3 is 2.35 bits per heavy atom. The van der Waals surface area contributed by atoms with Crippen LogP contribution in [0.2, 0.25) is 0 Å². The smallest absolute Gasteiger partial charge is 0.255 e. The highest BCUT2D eigenvalue weighted by atomic mass is 32.2. The van der Waals surface area contributed by atoms with E-state index in [1.807, 2.05) is 12.1 Å². The molecule has 9 heteroatoms. The molecular formula is C25H26N2O6S. The first-order valence-electron chi connectivity index (χ1n) is 10.9. The minimum absolute atomic E-state index is 0.0914. The summed E-state index contributed by atoms with van der Waals surface area (Å²) < 4.78 is 44.1. The number of carbonyl (C=O) groups is 1. The summed E-state index contributed by atoms with van der Waals surface area (Å²) in [6.07, 6.45) is 1.69. The number of methoxy groups -OCH3 is 1. The van der Waals surface area contributed by atoms with Gasteiger partial charge in [-0.2, -0.15) is 0 Å². The lowest BCUT2D eigenvalue weighted by atomic mass is 10.2. The van der Waals surface area contributed by atoms with Crippen molar-refractivity contribution in [2.45, 2.75) is 23.8 Å². The second-order valence-corrected chi connectivity index (χ2v) is 9.51. The number of amides is 1. The van der Waals surface area contributed by atoms with Gasteiger partial charge in [0.2, 0.25) is 10.0 Å². The number of carbonyl (C=O) groups excluding carboxylic acids is 1. The van der Waals surface area contributed by atoms with Crippen molar-refractivity contribution in [3.8, 4) is 17.2 Å². The predicted octanol–water partition coefficient (Wildman–Crippen LogP) is 4.20. The van der Waals surface area contributed by atoms with Gasteiger partial charge in [0.05, 0.1) is 18.1 Å². The number of para-hydroxylation sites is 2. The van der Waals surface area contributed by atoms with E-state index < -0.39 is 10.0 Å². The van der Waals surface area contributed by atoms with Crippen molar-refractivity contribution in [2.75, 3.05) is 25.6 Å². The molecule has 3 aromatic carbocycles. The van der Waals surface area contributed by atoms with Crippen LogP contribution in [0.1, 0.15) is 23.2 Å². The molecule has 1 aliphatic heterocycles. The number of benzene rings is 3. The molecule has 2 N–H and O–H groups in total. The van der Waals surface area contributed by atoms with E-state index in [0.29, 0.717) is 35.1 Å². The molecule has 1 atom stereocenters. The fourth-order valence-corrected chi connectivity index (χ4v) is 4.58. The SMILES string of the molecule is COc1ccccc1Oc1ccc(NC(=O)c2ccc(S(=O)(=O)NCC3CCCO3)cc2)cc1. The number of anilines is 1. The second-order valence-electron chi connectivity index (χ2n) is 7.74. The van der Waals surface area contributed by atoms with Crippen molar-refractivity contribution in [3.05, 3.63) is 78.4 Å². The lowest BCUT2D eigenvalue weighted by molar-refractivity contribution is 0.102. The molecule has 178 valence electrons. The van der Waals surface area contributed by atoms with E-state index in [4.69, 9.17) is 14.2 Å². The summed E-state index contributed by atoms with van der Waals surface area (Å²) in [5.74, 6) is 1.44. The molecule has 0 bridgehead atoms. The first-order valence-corrected chi connectivity index (χ1v) is 12.4. The van der Waals surface area contributed by atoms with Crippen molar-refractivity contribution in [3.63, 3.8) is 0 Å². The van der Waals surface area contributed by atoms with Crippen LogP contribution < -0.4 is 19.5 Å². The summed E-state index contributed by atoms with van der Waals surface area (Å²) in [7, 11) is -2.10. The molecular weight excluding hydrogens is 456 g/mol. The van der Waals surface area contributed by atoms with E-state index in [1.54, 1.807) is 43.5 Å². The zero-order chi connectivity index (χ0) is 24.0. The Labute approximate surface area is 198 Å². The minimum Gasteiger partial charge on any atom is -0.493 e. The maximum Gasteiger partial charge on any atom is 0.255 e. The van der Waals surface area contributed by atoms with Gasteiger partial charge in [0.15, 0.2) is 11.5 Å². The van der Waals surface area contributed by atoms with Crippen LogP contribution in [-0.4, -0.2) is 40.7 Å². The van der Waals surface area contributed by atoms with Crippen LogP contribution in [0, 0.1) is 0 Å². The average molecular weight is 483 g/mol. The molecule has 1 heterocycles. The molecule has 4 rings (SSSR count). The fraction of sp³-hybridized carbons (Fsp3) is 0.240. The summed E-state index contributed by atoms with van der Waals surface area (Å²) in [6, 6.07) is 20.0. The van der Waals surface area contributed by atoms with Gasteiger partial charge in [-0.25, -0.2) is 13.1 Å². The quantitative estimate of drug-likeness (QED) is 0.474. The van der Waals surface area contributed by atoms with Crippen molar-refractivity contribution < 1.29 is 27.4 Å². The van der Waals surface area contributed by atoms with Crippen LogP contribution in [0.15, 0.2) is 77.7 Å². The maximum atomic E-state index is 12.6. The Hall–Kier alpha value is -3.40. The molecule has 1 amide bonds. The Morgan fingerprint density at radius 1 is 1.00 bits per heavy atom. The summed E-state index contributed by atoms with van der Waals surface area (Å²) in [5.41, 5.74) is 0.916. The van der Waals surface area contributed by atoms with Gasteiger partial charge in [0.25, 0.3) is 5.91 Å². The summed E-state index contributed by atoms with van der Waals surface area (Å²) in [4.78, 5) is 12.7. The van der Waals surface area contributed by atoms with E-state index in [-0.39, 0.29) is 23.5 Å². The van der Waals surface area contributed by atoms with E-state index in [9.17, 15) is 13.2 Å². The zero-order valence-electron chi connectivity index (χ0n) is 18.7. The van der Waals surface area contributed by atoms with Crippen LogP contribution >= 0.6 is 0 Å². The molecule has 3 aromatic rings. The number of hydrogen-bond acceptors (Lipinski definition) is 6. The Balaban J connectivity index is 1.35. The van der Waals surface area contributed by atoms with Gasteiger partial charge in [-0.05, 0) is 73.5 Å².